The van der Waals surface area contributed by atoms with Crippen LogP contribution in [0.5, 0.6) is 5.75 Å². The van der Waals surface area contributed by atoms with Crippen LogP contribution in [0.2, 0.25) is 0 Å². The Morgan fingerprint density at radius 3 is 2.62 bits per heavy atom. The SMILES string of the molecule is COc1ccc(S(=O)(=O)NC2CC(N(CC(=O)O)CC3CC3)C2)c(F)c1. The van der Waals surface area contributed by atoms with Crippen molar-refractivity contribution >= 4 is 16.0 Å². The highest BCUT2D eigenvalue weighted by Gasteiger charge is 2.39. The van der Waals surface area contributed by atoms with Gasteiger partial charge >= 0.3 is 5.97 Å². The summed E-state index contributed by atoms with van der Waals surface area (Å²) in [5, 5.41) is 9.05. The predicted molar refractivity (Wildman–Crippen MR) is 92.0 cm³/mol. The van der Waals surface area contributed by atoms with Crippen LogP contribution in [0.25, 0.3) is 0 Å². The van der Waals surface area contributed by atoms with Crippen molar-refractivity contribution in [3.05, 3.63) is 24.0 Å². The largest absolute Gasteiger partial charge is 0.497 e. The average Bonchev–Trinajstić information content (AvgIpc) is 3.33. The van der Waals surface area contributed by atoms with Gasteiger partial charge in [0.1, 0.15) is 16.5 Å². The summed E-state index contributed by atoms with van der Waals surface area (Å²) in [6, 6.07) is 3.33. The third-order valence-corrected chi connectivity index (χ3v) is 6.46. The number of halogens is 1. The van der Waals surface area contributed by atoms with Crippen LogP contribution in [0.3, 0.4) is 0 Å². The van der Waals surface area contributed by atoms with Gasteiger partial charge in [0.2, 0.25) is 10.0 Å². The van der Waals surface area contributed by atoms with Gasteiger partial charge in [-0.3, -0.25) is 9.69 Å². The molecule has 0 saturated heterocycles. The number of methoxy groups -OCH3 is 1. The Bertz CT molecular complexity index is 775. The summed E-state index contributed by atoms with van der Waals surface area (Å²) in [5.74, 6) is -0.947. The number of aliphatic carboxylic acids is 1. The van der Waals surface area contributed by atoms with Crippen LogP contribution in [0.15, 0.2) is 23.1 Å². The van der Waals surface area contributed by atoms with Crippen molar-refractivity contribution in [3.63, 3.8) is 0 Å². The van der Waals surface area contributed by atoms with Gasteiger partial charge in [0.25, 0.3) is 0 Å². The molecule has 144 valence electrons. The molecular formula is C17H23FN2O5S. The van der Waals surface area contributed by atoms with Crippen molar-refractivity contribution in [3.8, 4) is 5.75 Å². The number of benzene rings is 1. The Hall–Kier alpha value is -1.71. The number of carboxylic acid groups (broad SMARTS) is 1. The second kappa shape index (κ2) is 7.50. The molecule has 3 rings (SSSR count). The molecule has 0 aromatic heterocycles. The lowest BCUT2D eigenvalue weighted by Gasteiger charge is -2.42. The van der Waals surface area contributed by atoms with Gasteiger partial charge in [-0.2, -0.15) is 0 Å². The number of carbonyl (C=O) groups is 1. The van der Waals surface area contributed by atoms with E-state index in [0.717, 1.165) is 25.5 Å². The number of hydrogen-bond donors (Lipinski definition) is 2. The molecule has 2 saturated carbocycles. The Kier molecular flexibility index (Phi) is 5.50. The molecular weight excluding hydrogens is 363 g/mol. The minimum atomic E-state index is -3.97. The van der Waals surface area contributed by atoms with E-state index in [1.54, 1.807) is 0 Å². The normalized spacial score (nSPS) is 22.9. The van der Waals surface area contributed by atoms with Gasteiger partial charge in [-0.05, 0) is 43.7 Å². The smallest absolute Gasteiger partial charge is 0.317 e. The molecule has 2 aliphatic rings. The second-order valence-corrected chi connectivity index (χ2v) is 8.69. The molecule has 0 radical (unpaired) electrons. The summed E-state index contributed by atoms with van der Waals surface area (Å²) in [5.41, 5.74) is 0. The lowest BCUT2D eigenvalue weighted by molar-refractivity contribution is -0.139. The quantitative estimate of drug-likeness (QED) is 0.667. The number of nitrogens with zero attached hydrogens (tertiary/aromatic N) is 1. The van der Waals surface area contributed by atoms with Crippen LogP contribution in [0.4, 0.5) is 4.39 Å². The van der Waals surface area contributed by atoms with E-state index in [2.05, 4.69) is 4.72 Å². The number of hydrogen-bond acceptors (Lipinski definition) is 5. The molecule has 0 aliphatic heterocycles. The standard InChI is InChI=1S/C17H23FN2O5S/c1-25-14-4-5-16(15(18)8-14)26(23,24)19-12-6-13(7-12)20(10-17(21)22)9-11-2-3-11/h4-5,8,11-13,19H,2-3,6-7,9-10H2,1H3,(H,21,22). The molecule has 0 spiro atoms. The van der Waals surface area contributed by atoms with Gasteiger partial charge in [0.05, 0.1) is 13.7 Å². The highest BCUT2D eigenvalue weighted by atomic mass is 32.2. The van der Waals surface area contributed by atoms with Crippen molar-refractivity contribution in [1.29, 1.82) is 0 Å². The van der Waals surface area contributed by atoms with E-state index in [1.165, 1.54) is 19.2 Å². The second-order valence-electron chi connectivity index (χ2n) is 7.01. The molecule has 0 unspecified atom stereocenters. The topological polar surface area (TPSA) is 95.9 Å². The molecule has 0 heterocycles. The van der Waals surface area contributed by atoms with Gasteiger partial charge in [-0.25, -0.2) is 17.5 Å². The molecule has 0 bridgehead atoms. The number of rotatable bonds is 9. The van der Waals surface area contributed by atoms with Crippen LogP contribution >= 0.6 is 0 Å². The molecule has 1 aromatic carbocycles. The maximum Gasteiger partial charge on any atom is 0.317 e. The Balaban J connectivity index is 1.59. The van der Waals surface area contributed by atoms with E-state index in [-0.39, 0.29) is 24.4 Å². The molecule has 9 heteroatoms. The van der Waals surface area contributed by atoms with Gasteiger partial charge in [0, 0.05) is 24.7 Å². The van der Waals surface area contributed by atoms with Gasteiger partial charge < -0.3 is 9.84 Å². The lowest BCUT2D eigenvalue weighted by Crippen LogP contribution is -2.55. The minimum absolute atomic E-state index is 0.0340. The van der Waals surface area contributed by atoms with Crippen molar-refractivity contribution in [2.24, 2.45) is 5.92 Å². The maximum atomic E-state index is 14.0. The summed E-state index contributed by atoms with van der Waals surface area (Å²) < 4.78 is 46.2. The molecule has 2 aliphatic carbocycles. The molecule has 0 atom stereocenters. The molecule has 26 heavy (non-hydrogen) atoms. The van der Waals surface area contributed by atoms with E-state index in [4.69, 9.17) is 9.84 Å². The van der Waals surface area contributed by atoms with Crippen LogP contribution in [-0.4, -0.2) is 56.7 Å². The van der Waals surface area contributed by atoms with Gasteiger partial charge in [-0.15, -0.1) is 0 Å². The third kappa shape index (κ3) is 4.52. The number of sulfonamides is 1. The first-order valence-corrected chi connectivity index (χ1v) is 10.1. The van der Waals surface area contributed by atoms with E-state index in [9.17, 15) is 17.6 Å². The van der Waals surface area contributed by atoms with Crippen LogP contribution < -0.4 is 9.46 Å². The fourth-order valence-electron chi connectivity index (χ4n) is 3.24. The molecule has 1 aromatic rings. The van der Waals surface area contributed by atoms with Crippen molar-refractivity contribution in [2.75, 3.05) is 20.2 Å². The van der Waals surface area contributed by atoms with Crippen LogP contribution in [0.1, 0.15) is 25.7 Å². The first-order valence-electron chi connectivity index (χ1n) is 8.60. The van der Waals surface area contributed by atoms with E-state index in [1.807, 2.05) is 4.90 Å². The van der Waals surface area contributed by atoms with Crippen molar-refractivity contribution < 1.29 is 27.4 Å². The highest BCUT2D eigenvalue weighted by molar-refractivity contribution is 7.89. The first kappa shape index (κ1) is 19.1. The average molecular weight is 386 g/mol. The lowest BCUT2D eigenvalue weighted by atomic mass is 9.86. The zero-order chi connectivity index (χ0) is 18.9. The summed E-state index contributed by atoms with van der Waals surface area (Å²) in [4.78, 5) is 12.5. The monoisotopic (exact) mass is 386 g/mol. The van der Waals surface area contributed by atoms with E-state index in [0.29, 0.717) is 18.8 Å². The summed E-state index contributed by atoms with van der Waals surface area (Å²) in [6.07, 6.45) is 3.29. The third-order valence-electron chi connectivity index (χ3n) is 4.91. The summed E-state index contributed by atoms with van der Waals surface area (Å²) in [7, 11) is -2.60. The van der Waals surface area contributed by atoms with Gasteiger partial charge in [0.15, 0.2) is 0 Å². The molecule has 0 amide bonds. The zero-order valence-electron chi connectivity index (χ0n) is 14.5. The van der Waals surface area contributed by atoms with E-state index >= 15 is 0 Å². The fourth-order valence-corrected chi connectivity index (χ4v) is 4.56. The molecule has 2 N–H and O–H groups in total. The Labute approximate surface area is 152 Å². The van der Waals surface area contributed by atoms with Crippen LogP contribution in [-0.2, 0) is 14.8 Å². The molecule has 7 nitrogen and oxygen atoms in total. The Morgan fingerprint density at radius 2 is 2.08 bits per heavy atom. The molecule has 2 fully saturated rings. The number of ether oxygens (including phenoxy) is 1. The number of nitrogens with one attached hydrogen (secondary N) is 1. The fraction of sp³-hybridized carbons (Fsp3) is 0.588. The zero-order valence-corrected chi connectivity index (χ0v) is 15.3. The van der Waals surface area contributed by atoms with Crippen molar-refractivity contribution in [1.82, 2.24) is 9.62 Å². The number of carboxylic acids is 1. The predicted octanol–water partition coefficient (Wildman–Crippen LogP) is 1.44. The summed E-state index contributed by atoms with van der Waals surface area (Å²) >= 11 is 0. The van der Waals surface area contributed by atoms with Gasteiger partial charge in [-0.1, -0.05) is 0 Å². The van der Waals surface area contributed by atoms with Crippen molar-refractivity contribution in [2.45, 2.75) is 42.7 Å². The highest BCUT2D eigenvalue weighted by Crippen LogP contribution is 2.34. The summed E-state index contributed by atoms with van der Waals surface area (Å²) in [6.45, 7) is 0.706. The minimum Gasteiger partial charge on any atom is -0.497 e. The van der Waals surface area contributed by atoms with Crippen LogP contribution in [0, 0.1) is 11.7 Å². The first-order chi connectivity index (χ1) is 12.3. The Morgan fingerprint density at radius 1 is 1.38 bits per heavy atom. The maximum absolute atomic E-state index is 14.0. The van der Waals surface area contributed by atoms with E-state index < -0.39 is 26.7 Å².